The van der Waals surface area contributed by atoms with Gasteiger partial charge in [0.25, 0.3) is 0 Å². The van der Waals surface area contributed by atoms with Gasteiger partial charge in [0, 0.05) is 41.7 Å². The Balaban J connectivity index is 1.34. The molecule has 1 aliphatic carbocycles. The number of aromatic nitrogens is 2. The Hall–Kier alpha value is -4.89. The van der Waals surface area contributed by atoms with E-state index in [1.54, 1.807) is 12.1 Å². The van der Waals surface area contributed by atoms with E-state index in [4.69, 9.17) is 16.3 Å². The number of rotatable bonds is 13. The molecule has 0 radical (unpaired) electrons. The first-order valence-corrected chi connectivity index (χ1v) is 16.4. The maximum atomic E-state index is 13.8. The van der Waals surface area contributed by atoms with Crippen LogP contribution in [0.3, 0.4) is 0 Å². The second kappa shape index (κ2) is 14.9. The quantitative estimate of drug-likeness (QED) is 0.149. The maximum absolute atomic E-state index is 13.8. The zero-order valence-corrected chi connectivity index (χ0v) is 28.7. The Morgan fingerprint density at radius 2 is 1.69 bits per heavy atom. The fraction of sp³-hybridized carbons (Fsp3) is 0.316. The molecule has 0 unspecified atom stereocenters. The standard InChI is InChI=1S/C38H41ClN4O5/c1-22-17-27(18-23(2)36(22)39)48-16-10-15-29-28-13-9-14-30(35-24(3)42-43(5)25(35)4)31(28)20-32(29)37(45)40-21-34(44)41-33(38(46)47)19-26-11-7-6-8-12-26/h6-9,11-14,17-18,33H,10,15-16,19-21H2,1-5H3,(H,40,45)(H,41,44)(H,46,47)/t33-/m0/s1. The first-order valence-electron chi connectivity index (χ1n) is 16.0. The fourth-order valence-corrected chi connectivity index (χ4v) is 6.51. The van der Waals surface area contributed by atoms with Crippen LogP contribution in [-0.2, 0) is 34.3 Å². The molecule has 250 valence electrons. The number of halogens is 1. The minimum atomic E-state index is -1.14. The van der Waals surface area contributed by atoms with Crippen molar-refractivity contribution in [1.29, 1.82) is 0 Å². The second-order valence-electron chi connectivity index (χ2n) is 12.3. The van der Waals surface area contributed by atoms with Crippen molar-refractivity contribution in [2.24, 2.45) is 7.05 Å². The maximum Gasteiger partial charge on any atom is 0.326 e. The van der Waals surface area contributed by atoms with Crippen molar-refractivity contribution in [1.82, 2.24) is 20.4 Å². The highest BCUT2D eigenvalue weighted by Crippen LogP contribution is 2.42. The van der Waals surface area contributed by atoms with E-state index >= 15 is 0 Å². The molecule has 1 atom stereocenters. The van der Waals surface area contributed by atoms with Gasteiger partial charge in [-0.05, 0) is 91.6 Å². The molecule has 4 aromatic rings. The van der Waals surface area contributed by atoms with Crippen LogP contribution < -0.4 is 15.4 Å². The largest absolute Gasteiger partial charge is 0.494 e. The molecule has 3 N–H and O–H groups in total. The van der Waals surface area contributed by atoms with Gasteiger partial charge in [0.05, 0.1) is 18.8 Å². The number of benzene rings is 3. The molecule has 2 amide bonds. The lowest BCUT2D eigenvalue weighted by molar-refractivity contribution is -0.141. The molecule has 0 saturated heterocycles. The van der Waals surface area contributed by atoms with Crippen LogP contribution in [0, 0.1) is 27.7 Å². The number of carbonyl (C=O) groups excluding carboxylic acids is 2. The zero-order valence-electron chi connectivity index (χ0n) is 27.9. The van der Waals surface area contributed by atoms with Crippen molar-refractivity contribution in [2.45, 2.75) is 59.4 Å². The average molecular weight is 669 g/mol. The lowest BCUT2D eigenvalue weighted by atomic mass is 9.93. The topological polar surface area (TPSA) is 123 Å². The number of hydrogen-bond donors (Lipinski definition) is 3. The van der Waals surface area contributed by atoms with Gasteiger partial charge >= 0.3 is 5.97 Å². The SMILES string of the molecule is Cc1cc(OCCCC2=C(C(=O)NCC(=O)N[C@@H](Cc3ccccc3)C(=O)O)Cc3c2cccc3-c2c(C)nn(C)c2C)cc(C)c1Cl. The lowest BCUT2D eigenvalue weighted by Crippen LogP contribution is -2.46. The van der Waals surface area contributed by atoms with Crippen LogP contribution in [0.4, 0.5) is 0 Å². The summed E-state index contributed by atoms with van der Waals surface area (Å²) >= 11 is 6.33. The number of ether oxygens (including phenoxy) is 1. The summed E-state index contributed by atoms with van der Waals surface area (Å²) < 4.78 is 7.94. The molecule has 48 heavy (non-hydrogen) atoms. The molecule has 0 saturated carbocycles. The highest BCUT2D eigenvalue weighted by atomic mass is 35.5. The van der Waals surface area contributed by atoms with Gasteiger partial charge in [0.1, 0.15) is 11.8 Å². The summed E-state index contributed by atoms with van der Waals surface area (Å²) in [6.07, 6.45) is 1.76. The van der Waals surface area contributed by atoms with Gasteiger partial charge in [-0.1, -0.05) is 60.1 Å². The van der Waals surface area contributed by atoms with Crippen LogP contribution in [0.5, 0.6) is 5.75 Å². The third-order valence-corrected chi connectivity index (χ3v) is 9.44. The predicted molar refractivity (Wildman–Crippen MR) is 187 cm³/mol. The molecule has 3 aromatic carbocycles. The molecule has 0 aliphatic heterocycles. The Morgan fingerprint density at radius 3 is 2.33 bits per heavy atom. The van der Waals surface area contributed by atoms with Gasteiger partial charge in [-0.2, -0.15) is 5.10 Å². The number of amides is 2. The Bertz CT molecular complexity index is 1870. The number of nitrogens with zero attached hydrogens (tertiary/aromatic N) is 2. The number of allylic oxidation sites excluding steroid dienone is 1. The van der Waals surface area contributed by atoms with Crippen molar-refractivity contribution >= 4 is 35.0 Å². The molecule has 9 nitrogen and oxygen atoms in total. The van der Waals surface area contributed by atoms with Crippen LogP contribution in [0.15, 0.2) is 66.2 Å². The normalized spacial score (nSPS) is 12.9. The van der Waals surface area contributed by atoms with Crippen LogP contribution in [0.1, 0.15) is 52.0 Å². The van der Waals surface area contributed by atoms with Gasteiger partial charge in [-0.25, -0.2) is 4.79 Å². The van der Waals surface area contributed by atoms with Gasteiger partial charge in [-0.15, -0.1) is 0 Å². The molecule has 0 bridgehead atoms. The van der Waals surface area contributed by atoms with Gasteiger partial charge < -0.3 is 20.5 Å². The highest BCUT2D eigenvalue weighted by molar-refractivity contribution is 6.32. The zero-order chi connectivity index (χ0) is 34.5. The molecular weight excluding hydrogens is 628 g/mol. The third kappa shape index (κ3) is 7.63. The summed E-state index contributed by atoms with van der Waals surface area (Å²) in [5.41, 5.74) is 10.2. The number of fused-ring (bicyclic) bond motifs is 1. The number of hydrogen-bond acceptors (Lipinski definition) is 5. The molecule has 0 spiro atoms. The summed E-state index contributed by atoms with van der Waals surface area (Å²) in [7, 11) is 1.92. The number of aryl methyl sites for hydroxylation is 4. The summed E-state index contributed by atoms with van der Waals surface area (Å²) in [6, 6.07) is 17.9. The van der Waals surface area contributed by atoms with E-state index in [-0.39, 0.29) is 18.9 Å². The van der Waals surface area contributed by atoms with Crippen LogP contribution in [0.2, 0.25) is 5.02 Å². The summed E-state index contributed by atoms with van der Waals surface area (Å²) in [6.45, 7) is 8.00. The van der Waals surface area contributed by atoms with E-state index < -0.39 is 17.9 Å². The monoisotopic (exact) mass is 668 g/mol. The first-order chi connectivity index (χ1) is 22.9. The Labute approximate surface area is 286 Å². The van der Waals surface area contributed by atoms with Crippen molar-refractivity contribution in [2.75, 3.05) is 13.2 Å². The van der Waals surface area contributed by atoms with E-state index in [2.05, 4.69) is 21.8 Å². The Kier molecular flexibility index (Phi) is 10.7. The second-order valence-corrected chi connectivity index (χ2v) is 12.7. The lowest BCUT2D eigenvalue weighted by Gasteiger charge is -2.15. The molecule has 5 rings (SSSR count). The van der Waals surface area contributed by atoms with Crippen LogP contribution >= 0.6 is 11.6 Å². The van der Waals surface area contributed by atoms with Crippen molar-refractivity contribution in [3.05, 3.63) is 110 Å². The number of carboxylic acid groups (broad SMARTS) is 1. The summed E-state index contributed by atoms with van der Waals surface area (Å²) in [4.78, 5) is 38.5. The van der Waals surface area contributed by atoms with Crippen molar-refractivity contribution in [3.8, 4) is 16.9 Å². The minimum Gasteiger partial charge on any atom is -0.494 e. The summed E-state index contributed by atoms with van der Waals surface area (Å²) in [5.74, 6) is -1.33. The Morgan fingerprint density at radius 1 is 1.00 bits per heavy atom. The molecule has 10 heteroatoms. The average Bonchev–Trinajstić information content (AvgIpc) is 3.55. The molecule has 0 fully saturated rings. The predicted octanol–water partition coefficient (Wildman–Crippen LogP) is 6.07. The van der Waals surface area contributed by atoms with Crippen molar-refractivity contribution in [3.63, 3.8) is 0 Å². The van der Waals surface area contributed by atoms with Gasteiger partial charge in [0.15, 0.2) is 0 Å². The van der Waals surface area contributed by atoms with E-state index in [1.165, 1.54) is 0 Å². The number of nitrogens with one attached hydrogen (secondary N) is 2. The molecular formula is C38H41ClN4O5. The minimum absolute atomic E-state index is 0.133. The van der Waals surface area contributed by atoms with Crippen molar-refractivity contribution < 1.29 is 24.2 Å². The van der Waals surface area contributed by atoms with E-state index in [9.17, 15) is 19.5 Å². The number of carboxylic acids is 1. The molecule has 1 heterocycles. The van der Waals surface area contributed by atoms with Gasteiger partial charge in [-0.3, -0.25) is 14.3 Å². The number of aliphatic carboxylic acids is 1. The van der Waals surface area contributed by atoms with Gasteiger partial charge in [0.2, 0.25) is 11.8 Å². The first kappa shape index (κ1) is 34.4. The summed E-state index contributed by atoms with van der Waals surface area (Å²) in [5, 5.41) is 20.4. The van der Waals surface area contributed by atoms with E-state index in [1.807, 2.05) is 81.9 Å². The van der Waals surface area contributed by atoms with Crippen LogP contribution in [-0.4, -0.2) is 51.9 Å². The van der Waals surface area contributed by atoms with Crippen LogP contribution in [0.25, 0.3) is 16.7 Å². The molecule has 1 aliphatic rings. The van der Waals surface area contributed by atoms with E-state index in [0.29, 0.717) is 31.4 Å². The highest BCUT2D eigenvalue weighted by Gasteiger charge is 2.30. The molecule has 1 aromatic heterocycles. The number of carbonyl (C=O) groups is 3. The van der Waals surface area contributed by atoms with E-state index in [0.717, 1.165) is 66.7 Å². The smallest absolute Gasteiger partial charge is 0.326 e. The third-order valence-electron chi connectivity index (χ3n) is 8.85. The fourth-order valence-electron chi connectivity index (χ4n) is 6.40.